The topological polar surface area (TPSA) is 77.8 Å². The molecule has 0 aromatic carbocycles. The summed E-state index contributed by atoms with van der Waals surface area (Å²) in [4.78, 5) is 8.78. The summed E-state index contributed by atoms with van der Waals surface area (Å²) >= 11 is 0. The van der Waals surface area contributed by atoms with Gasteiger partial charge in [0, 0.05) is 12.2 Å². The van der Waals surface area contributed by atoms with Gasteiger partial charge in [-0.25, -0.2) is 4.98 Å². The quantitative estimate of drug-likeness (QED) is 0.863. The highest BCUT2D eigenvalue weighted by molar-refractivity contribution is 5.48. The van der Waals surface area contributed by atoms with Crippen molar-refractivity contribution < 1.29 is 4.52 Å². The SMILES string of the molecule is Cc1cccc(-c2noc(C3(CN)CC3)n2)n1. The first kappa shape index (κ1) is 10.4. The highest BCUT2D eigenvalue weighted by Gasteiger charge is 2.48. The molecule has 5 nitrogen and oxygen atoms in total. The minimum absolute atomic E-state index is 0.0604. The molecule has 2 aromatic rings. The van der Waals surface area contributed by atoms with Gasteiger partial charge >= 0.3 is 0 Å². The summed E-state index contributed by atoms with van der Waals surface area (Å²) in [7, 11) is 0. The summed E-state index contributed by atoms with van der Waals surface area (Å²) in [6.07, 6.45) is 2.07. The Labute approximate surface area is 99.1 Å². The summed E-state index contributed by atoms with van der Waals surface area (Å²) in [6, 6.07) is 5.75. The fraction of sp³-hybridized carbons (Fsp3) is 0.417. The first-order valence-electron chi connectivity index (χ1n) is 5.72. The molecule has 3 rings (SSSR count). The zero-order valence-corrected chi connectivity index (χ0v) is 9.68. The van der Waals surface area contributed by atoms with Gasteiger partial charge in [0.2, 0.25) is 11.7 Å². The molecule has 1 aliphatic rings. The standard InChI is InChI=1S/C12H14N4O/c1-8-3-2-4-9(14-8)10-15-11(17-16-10)12(7-13)5-6-12/h2-4H,5-7,13H2,1H3. The number of nitrogens with zero attached hydrogens (tertiary/aromatic N) is 3. The number of aryl methyl sites for hydroxylation is 1. The van der Waals surface area contributed by atoms with E-state index in [0.717, 1.165) is 24.2 Å². The number of aromatic nitrogens is 3. The van der Waals surface area contributed by atoms with Gasteiger partial charge in [-0.2, -0.15) is 4.98 Å². The molecule has 0 amide bonds. The third kappa shape index (κ3) is 1.72. The second-order valence-corrected chi connectivity index (χ2v) is 4.57. The Morgan fingerprint density at radius 2 is 2.18 bits per heavy atom. The average Bonchev–Trinajstić information content (AvgIpc) is 2.99. The van der Waals surface area contributed by atoms with Crippen LogP contribution >= 0.6 is 0 Å². The molecule has 0 spiro atoms. The van der Waals surface area contributed by atoms with Crippen molar-refractivity contribution in [1.29, 1.82) is 0 Å². The normalized spacial score (nSPS) is 17.1. The minimum Gasteiger partial charge on any atom is -0.338 e. The van der Waals surface area contributed by atoms with Crippen LogP contribution in [-0.2, 0) is 5.41 Å². The largest absolute Gasteiger partial charge is 0.338 e. The molecule has 0 aliphatic heterocycles. The Morgan fingerprint density at radius 1 is 1.35 bits per heavy atom. The second kappa shape index (κ2) is 3.63. The molecule has 2 aromatic heterocycles. The van der Waals surface area contributed by atoms with Gasteiger partial charge in [0.15, 0.2) is 0 Å². The molecule has 0 unspecified atom stereocenters. The number of rotatable bonds is 3. The van der Waals surface area contributed by atoms with Crippen molar-refractivity contribution in [2.45, 2.75) is 25.2 Å². The van der Waals surface area contributed by atoms with Crippen LogP contribution in [0.5, 0.6) is 0 Å². The van der Waals surface area contributed by atoms with E-state index in [2.05, 4.69) is 15.1 Å². The van der Waals surface area contributed by atoms with Crippen molar-refractivity contribution >= 4 is 0 Å². The molecule has 2 N–H and O–H groups in total. The maximum atomic E-state index is 5.73. The molecule has 1 fully saturated rings. The monoisotopic (exact) mass is 230 g/mol. The van der Waals surface area contributed by atoms with Gasteiger partial charge in [0.25, 0.3) is 0 Å². The molecule has 0 atom stereocenters. The Morgan fingerprint density at radius 3 is 2.82 bits per heavy atom. The van der Waals surface area contributed by atoms with Crippen LogP contribution in [0.1, 0.15) is 24.4 Å². The van der Waals surface area contributed by atoms with Crippen molar-refractivity contribution in [3.05, 3.63) is 29.8 Å². The first-order chi connectivity index (χ1) is 8.23. The van der Waals surface area contributed by atoms with Crippen molar-refractivity contribution in [2.24, 2.45) is 5.73 Å². The van der Waals surface area contributed by atoms with Gasteiger partial charge in [0.05, 0.1) is 5.41 Å². The molecule has 5 heteroatoms. The van der Waals surface area contributed by atoms with E-state index in [1.165, 1.54) is 0 Å². The van der Waals surface area contributed by atoms with Crippen LogP contribution < -0.4 is 5.73 Å². The molecule has 1 aliphatic carbocycles. The minimum atomic E-state index is -0.0604. The van der Waals surface area contributed by atoms with Crippen LogP contribution in [0.25, 0.3) is 11.5 Å². The Kier molecular flexibility index (Phi) is 2.22. The van der Waals surface area contributed by atoms with Crippen molar-refractivity contribution in [1.82, 2.24) is 15.1 Å². The molecule has 0 radical (unpaired) electrons. The van der Waals surface area contributed by atoms with Gasteiger partial charge in [-0.1, -0.05) is 11.2 Å². The van der Waals surface area contributed by atoms with Gasteiger partial charge in [-0.05, 0) is 31.9 Å². The number of hydrogen-bond acceptors (Lipinski definition) is 5. The lowest BCUT2D eigenvalue weighted by Gasteiger charge is -2.03. The molecule has 0 bridgehead atoms. The third-order valence-electron chi connectivity index (χ3n) is 3.24. The Bertz CT molecular complexity index is 545. The molecule has 17 heavy (non-hydrogen) atoms. The lowest BCUT2D eigenvalue weighted by molar-refractivity contribution is 0.347. The van der Waals surface area contributed by atoms with Gasteiger partial charge in [-0.15, -0.1) is 0 Å². The summed E-state index contributed by atoms with van der Waals surface area (Å²) < 4.78 is 5.30. The molecular weight excluding hydrogens is 216 g/mol. The van der Waals surface area contributed by atoms with E-state index in [1.54, 1.807) is 0 Å². The smallest absolute Gasteiger partial charge is 0.234 e. The summed E-state index contributed by atoms with van der Waals surface area (Å²) in [5, 5.41) is 3.98. The first-order valence-corrected chi connectivity index (χ1v) is 5.72. The summed E-state index contributed by atoms with van der Waals surface area (Å²) in [5.74, 6) is 1.20. The van der Waals surface area contributed by atoms with Crippen LogP contribution in [0.2, 0.25) is 0 Å². The zero-order valence-electron chi connectivity index (χ0n) is 9.68. The van der Waals surface area contributed by atoms with Gasteiger partial charge in [-0.3, -0.25) is 0 Å². The van der Waals surface area contributed by atoms with Crippen molar-refractivity contribution in [3.63, 3.8) is 0 Å². The van der Waals surface area contributed by atoms with Crippen LogP contribution in [0.15, 0.2) is 22.7 Å². The maximum absolute atomic E-state index is 5.73. The van der Waals surface area contributed by atoms with Gasteiger partial charge in [0.1, 0.15) is 5.69 Å². The average molecular weight is 230 g/mol. The van der Waals surface area contributed by atoms with E-state index >= 15 is 0 Å². The highest BCUT2D eigenvalue weighted by Crippen LogP contribution is 2.46. The highest BCUT2D eigenvalue weighted by atomic mass is 16.5. The van der Waals surface area contributed by atoms with Crippen LogP contribution in [-0.4, -0.2) is 21.7 Å². The van der Waals surface area contributed by atoms with Crippen LogP contribution in [0, 0.1) is 6.92 Å². The fourth-order valence-electron chi connectivity index (χ4n) is 1.87. The number of nitrogens with two attached hydrogens (primary N) is 1. The second-order valence-electron chi connectivity index (χ2n) is 4.57. The van der Waals surface area contributed by atoms with E-state index in [4.69, 9.17) is 10.3 Å². The van der Waals surface area contributed by atoms with Gasteiger partial charge < -0.3 is 10.3 Å². The Balaban J connectivity index is 1.95. The number of pyridine rings is 1. The molecule has 1 saturated carbocycles. The molecule has 0 saturated heterocycles. The zero-order chi connectivity index (χ0) is 11.9. The van der Waals surface area contributed by atoms with Crippen LogP contribution in [0.4, 0.5) is 0 Å². The molecule has 2 heterocycles. The van der Waals surface area contributed by atoms with E-state index < -0.39 is 0 Å². The lowest BCUT2D eigenvalue weighted by Crippen LogP contribution is -2.19. The Hall–Kier alpha value is -1.75. The van der Waals surface area contributed by atoms with Crippen LogP contribution in [0.3, 0.4) is 0 Å². The fourth-order valence-corrected chi connectivity index (χ4v) is 1.87. The van der Waals surface area contributed by atoms with E-state index in [9.17, 15) is 0 Å². The predicted octanol–water partition coefficient (Wildman–Crippen LogP) is 1.43. The van der Waals surface area contributed by atoms with Crippen molar-refractivity contribution in [2.75, 3.05) is 6.54 Å². The van der Waals surface area contributed by atoms with Crippen molar-refractivity contribution in [3.8, 4) is 11.5 Å². The summed E-state index contributed by atoms with van der Waals surface area (Å²) in [5.41, 5.74) is 7.35. The predicted molar refractivity (Wildman–Crippen MR) is 62.2 cm³/mol. The molecular formula is C12H14N4O. The molecule has 88 valence electrons. The lowest BCUT2D eigenvalue weighted by atomic mass is 10.1. The number of hydrogen-bond donors (Lipinski definition) is 1. The van der Waals surface area contributed by atoms with E-state index in [1.807, 2.05) is 25.1 Å². The van der Waals surface area contributed by atoms with E-state index in [0.29, 0.717) is 18.3 Å². The third-order valence-corrected chi connectivity index (χ3v) is 3.24. The maximum Gasteiger partial charge on any atom is 0.234 e. The summed E-state index contributed by atoms with van der Waals surface area (Å²) in [6.45, 7) is 2.50. The van der Waals surface area contributed by atoms with E-state index in [-0.39, 0.29) is 5.41 Å².